The predicted octanol–water partition coefficient (Wildman–Crippen LogP) is 4.36. The van der Waals surface area contributed by atoms with E-state index in [1.807, 2.05) is 20.8 Å². The molecule has 1 atom stereocenters. The van der Waals surface area contributed by atoms with Crippen molar-refractivity contribution in [3.63, 3.8) is 0 Å². The Labute approximate surface area is 106 Å². The second kappa shape index (κ2) is 7.03. The lowest BCUT2D eigenvalue weighted by molar-refractivity contribution is -0.176. The molecule has 0 amide bonds. The Morgan fingerprint density at radius 3 is 1.81 bits per heavy atom. The van der Waals surface area contributed by atoms with Gasteiger partial charge in [0.2, 0.25) is 6.29 Å². The molecule has 0 spiro atoms. The first kappa shape index (κ1) is 16.5. The van der Waals surface area contributed by atoms with Crippen molar-refractivity contribution < 1.29 is 17.9 Å². The summed E-state index contributed by atoms with van der Waals surface area (Å²) in [6.07, 6.45) is -1.47. The van der Waals surface area contributed by atoms with Gasteiger partial charge in [0.25, 0.3) is 0 Å². The first-order valence-corrected chi connectivity index (χ1v) is 9.03. The highest BCUT2D eigenvalue weighted by Crippen LogP contribution is 2.34. The molecule has 0 saturated carbocycles. The van der Waals surface area contributed by atoms with Crippen LogP contribution in [0, 0.1) is 0 Å². The molecule has 16 heavy (non-hydrogen) atoms. The highest BCUT2D eigenvalue weighted by molar-refractivity contribution is 9.10. The summed E-state index contributed by atoms with van der Waals surface area (Å²) in [5.74, 6) is 0. The summed E-state index contributed by atoms with van der Waals surface area (Å²) in [4.78, 5) is -3.12. The van der Waals surface area contributed by atoms with Crippen LogP contribution in [0.25, 0.3) is 0 Å². The van der Waals surface area contributed by atoms with Gasteiger partial charge in [-0.15, -0.1) is 0 Å². The molecule has 0 bridgehead atoms. The molecule has 0 fully saturated rings. The van der Waals surface area contributed by atoms with Crippen LogP contribution >= 0.6 is 15.9 Å². The van der Waals surface area contributed by atoms with E-state index in [-0.39, 0.29) is 6.61 Å². The van der Waals surface area contributed by atoms with Crippen molar-refractivity contribution in [2.45, 2.75) is 56.9 Å². The van der Waals surface area contributed by atoms with E-state index in [0.29, 0.717) is 0 Å². The Kier molecular flexibility index (Phi) is 7.24. The fourth-order valence-corrected chi connectivity index (χ4v) is 4.64. The number of halogens is 3. The second-order valence-corrected chi connectivity index (χ2v) is 9.47. The zero-order valence-corrected chi connectivity index (χ0v) is 12.9. The van der Waals surface area contributed by atoms with E-state index < -0.39 is 19.4 Å². The van der Waals surface area contributed by atoms with E-state index in [4.69, 9.17) is 9.16 Å². The molecule has 0 rings (SSSR count). The molecule has 0 N–H and O–H groups in total. The lowest BCUT2D eigenvalue weighted by Gasteiger charge is -2.34. The Bertz CT molecular complexity index is 187. The normalized spacial score (nSPS) is 15.2. The van der Waals surface area contributed by atoms with Gasteiger partial charge in [-0.3, -0.25) is 0 Å². The number of rotatable bonds is 8. The van der Waals surface area contributed by atoms with E-state index in [9.17, 15) is 8.78 Å². The topological polar surface area (TPSA) is 18.5 Å². The third-order valence-electron chi connectivity index (χ3n) is 2.88. The number of alkyl halides is 3. The van der Waals surface area contributed by atoms with E-state index in [0.717, 1.165) is 18.1 Å². The van der Waals surface area contributed by atoms with Gasteiger partial charge in [0, 0.05) is 6.61 Å². The molecule has 0 radical (unpaired) electrons. The summed E-state index contributed by atoms with van der Waals surface area (Å²) in [6, 6.07) is 2.48. The highest BCUT2D eigenvalue weighted by atomic mass is 79.9. The summed E-state index contributed by atoms with van der Waals surface area (Å²) in [6.45, 7) is 7.88. The van der Waals surface area contributed by atoms with Gasteiger partial charge >= 0.3 is 4.83 Å². The van der Waals surface area contributed by atoms with Crippen molar-refractivity contribution in [3.05, 3.63) is 0 Å². The van der Waals surface area contributed by atoms with Crippen LogP contribution in [-0.2, 0) is 9.16 Å². The maximum absolute atomic E-state index is 13.2. The van der Waals surface area contributed by atoms with Crippen molar-refractivity contribution >= 4 is 24.2 Å². The minimum Gasteiger partial charge on any atom is -0.387 e. The molecule has 0 unspecified atom stereocenters. The molecule has 6 heteroatoms. The number of hydrogen-bond donors (Lipinski definition) is 0. The Balaban J connectivity index is 4.70. The van der Waals surface area contributed by atoms with Crippen LogP contribution in [-0.4, -0.2) is 26.0 Å². The number of hydrogen-bond acceptors (Lipinski definition) is 2. The lowest BCUT2D eigenvalue weighted by Crippen LogP contribution is -2.46. The maximum atomic E-state index is 13.2. The Morgan fingerprint density at radius 1 is 1.12 bits per heavy atom. The largest absolute Gasteiger partial charge is 0.387 e. The van der Waals surface area contributed by atoms with Crippen molar-refractivity contribution in [1.82, 2.24) is 0 Å². The molecule has 0 aromatic heterocycles. The highest BCUT2D eigenvalue weighted by Gasteiger charge is 2.44. The average molecular weight is 319 g/mol. The fraction of sp³-hybridized carbons (Fsp3) is 1.00. The van der Waals surface area contributed by atoms with Crippen molar-refractivity contribution in [2.24, 2.45) is 0 Å². The second-order valence-electron chi connectivity index (χ2n) is 3.69. The summed E-state index contributed by atoms with van der Waals surface area (Å²) in [5, 5.41) is 0. The monoisotopic (exact) mass is 318 g/mol. The maximum Gasteiger partial charge on any atom is 0.350 e. The van der Waals surface area contributed by atoms with Crippen LogP contribution in [0.2, 0.25) is 18.1 Å². The molecule has 0 heterocycles. The summed E-state index contributed by atoms with van der Waals surface area (Å²) >= 11 is 2.33. The van der Waals surface area contributed by atoms with E-state index >= 15 is 0 Å². The zero-order chi connectivity index (χ0) is 12.8. The number of ether oxygens (including phenoxy) is 1. The van der Waals surface area contributed by atoms with Crippen LogP contribution < -0.4 is 0 Å². The van der Waals surface area contributed by atoms with E-state index in [1.54, 1.807) is 6.92 Å². The molecular formula is C10H21BrF2O2Si. The SMILES string of the molecule is CCO[C@@H](O[Si](CC)(CC)CC)C(F)(F)Br. The molecule has 0 aromatic rings. The van der Waals surface area contributed by atoms with Crippen LogP contribution in [0.1, 0.15) is 27.7 Å². The quantitative estimate of drug-likeness (QED) is 0.376. The minimum absolute atomic E-state index is 0.216. The third-order valence-corrected chi connectivity index (χ3v) is 7.83. The van der Waals surface area contributed by atoms with Gasteiger partial charge in [-0.1, -0.05) is 20.8 Å². The first-order valence-electron chi connectivity index (χ1n) is 5.71. The predicted molar refractivity (Wildman–Crippen MR) is 67.6 cm³/mol. The standard InChI is InChI=1S/C10H21BrF2O2Si/c1-5-14-9(10(11,12)13)15-16(6-2,7-3)8-4/h9H,5-8H2,1-4H3/t9-/m0/s1. The minimum atomic E-state index is -3.12. The van der Waals surface area contributed by atoms with Crippen molar-refractivity contribution in [1.29, 1.82) is 0 Å². The average Bonchev–Trinajstić information content (AvgIpc) is 2.23. The van der Waals surface area contributed by atoms with Gasteiger partial charge in [-0.2, -0.15) is 8.78 Å². The van der Waals surface area contributed by atoms with Crippen LogP contribution in [0.5, 0.6) is 0 Å². The van der Waals surface area contributed by atoms with Gasteiger partial charge in [-0.05, 0) is 41.0 Å². The molecule has 0 aliphatic carbocycles. The summed E-state index contributed by atoms with van der Waals surface area (Å²) in [7, 11) is -2.06. The van der Waals surface area contributed by atoms with Gasteiger partial charge in [-0.25, -0.2) is 0 Å². The fourth-order valence-electron chi connectivity index (χ4n) is 1.57. The summed E-state index contributed by atoms with van der Waals surface area (Å²) in [5.41, 5.74) is 0. The molecular weight excluding hydrogens is 298 g/mol. The molecule has 0 aliphatic rings. The van der Waals surface area contributed by atoms with Crippen molar-refractivity contribution in [2.75, 3.05) is 6.61 Å². The van der Waals surface area contributed by atoms with Gasteiger partial charge in [0.05, 0.1) is 0 Å². The molecule has 0 aromatic carbocycles. The lowest BCUT2D eigenvalue weighted by atomic mass is 10.7. The molecule has 0 aliphatic heterocycles. The Hall–Kier alpha value is 0.477. The summed E-state index contributed by atoms with van der Waals surface area (Å²) < 4.78 is 37.0. The van der Waals surface area contributed by atoms with E-state index in [2.05, 4.69) is 15.9 Å². The zero-order valence-electron chi connectivity index (χ0n) is 10.4. The van der Waals surface area contributed by atoms with Crippen LogP contribution in [0.4, 0.5) is 8.78 Å². The third kappa shape index (κ3) is 4.77. The van der Waals surface area contributed by atoms with Gasteiger partial charge in [0.1, 0.15) is 0 Å². The smallest absolute Gasteiger partial charge is 0.350 e. The molecule has 98 valence electrons. The molecule has 2 nitrogen and oxygen atoms in total. The Morgan fingerprint density at radius 2 is 1.56 bits per heavy atom. The van der Waals surface area contributed by atoms with Crippen molar-refractivity contribution in [3.8, 4) is 0 Å². The van der Waals surface area contributed by atoms with Crippen LogP contribution in [0.3, 0.4) is 0 Å². The first-order chi connectivity index (χ1) is 7.35. The van der Waals surface area contributed by atoms with Crippen LogP contribution in [0.15, 0.2) is 0 Å². The van der Waals surface area contributed by atoms with E-state index in [1.165, 1.54) is 0 Å². The molecule has 0 saturated heterocycles. The van der Waals surface area contributed by atoms with Gasteiger partial charge in [0.15, 0.2) is 8.32 Å². The van der Waals surface area contributed by atoms with Gasteiger partial charge < -0.3 is 9.16 Å².